The van der Waals surface area contributed by atoms with Gasteiger partial charge in [0.15, 0.2) is 6.10 Å². The van der Waals surface area contributed by atoms with E-state index in [2.05, 4.69) is 11.0 Å². The van der Waals surface area contributed by atoms with Crippen molar-refractivity contribution >= 4 is 12.0 Å². The summed E-state index contributed by atoms with van der Waals surface area (Å²) in [5.74, 6) is -1.06. The summed E-state index contributed by atoms with van der Waals surface area (Å²) in [4.78, 5) is 13.8. The monoisotopic (exact) mass is 419 g/mol. The highest BCUT2D eigenvalue weighted by molar-refractivity contribution is 5.73. The zero-order valence-electron chi connectivity index (χ0n) is 16.8. The number of rotatable bonds is 5. The number of carboxylic acids is 1. The molecule has 3 aliphatic rings. The molecular formula is C22H29NO7. The minimum atomic E-state index is -1.74. The van der Waals surface area contributed by atoms with Crippen LogP contribution in [0, 0.1) is 0 Å². The highest BCUT2D eigenvalue weighted by Crippen LogP contribution is 2.32. The second-order valence-corrected chi connectivity index (χ2v) is 8.29. The van der Waals surface area contributed by atoms with Gasteiger partial charge < -0.3 is 29.9 Å². The van der Waals surface area contributed by atoms with Crippen LogP contribution in [0.15, 0.2) is 29.8 Å². The van der Waals surface area contributed by atoms with Gasteiger partial charge in [0.05, 0.1) is 0 Å². The fourth-order valence-corrected chi connectivity index (χ4v) is 4.40. The summed E-state index contributed by atoms with van der Waals surface area (Å²) in [6.45, 7) is 2.35. The van der Waals surface area contributed by atoms with Crippen LogP contribution in [-0.4, -0.2) is 81.1 Å². The standard InChI is InChI=1S/C22H29NO7/c24-17-18(25)20(21(27)28)30-22(19(17)26)29-15-8-6-13(7-9-15)12-14-4-1-2-5-16(14)23-10-3-11-23/h6-9,12,16-20,22,24-26H,1-5,10-11H2,(H,27,28)/b14-12+/t16-,17-,18-,19+,20-,22+/m0/s1. The van der Waals surface area contributed by atoms with E-state index >= 15 is 0 Å². The number of ether oxygens (including phenoxy) is 2. The number of aliphatic hydroxyl groups excluding tert-OH is 3. The number of nitrogens with zero attached hydrogens (tertiary/aromatic N) is 1. The maximum Gasteiger partial charge on any atom is 0.335 e. The van der Waals surface area contributed by atoms with Crippen LogP contribution < -0.4 is 4.74 Å². The number of hydrogen-bond donors (Lipinski definition) is 4. The van der Waals surface area contributed by atoms with E-state index in [-0.39, 0.29) is 0 Å². The SMILES string of the molecule is O=C(O)[C@H]1O[C@@H](Oc2ccc(/C=C3\CCCC[C@@H]3N3CCC3)cc2)[C@H](O)[C@@H](O)[C@@H]1O. The van der Waals surface area contributed by atoms with Gasteiger partial charge in [-0.2, -0.15) is 0 Å². The normalized spacial score (nSPS) is 36.3. The fourth-order valence-electron chi connectivity index (χ4n) is 4.40. The van der Waals surface area contributed by atoms with Gasteiger partial charge in [-0.1, -0.05) is 30.2 Å². The van der Waals surface area contributed by atoms with Crippen LogP contribution in [0.4, 0.5) is 0 Å². The molecule has 2 saturated heterocycles. The number of aliphatic carboxylic acids is 1. The zero-order chi connectivity index (χ0) is 21.3. The molecular weight excluding hydrogens is 390 g/mol. The Morgan fingerprint density at radius 1 is 1.03 bits per heavy atom. The van der Waals surface area contributed by atoms with E-state index in [0.29, 0.717) is 11.8 Å². The molecule has 4 N–H and O–H groups in total. The Labute approximate surface area is 175 Å². The van der Waals surface area contributed by atoms with Crippen LogP contribution in [0.2, 0.25) is 0 Å². The Hall–Kier alpha value is -1.97. The summed E-state index contributed by atoms with van der Waals surface area (Å²) in [5.41, 5.74) is 2.51. The first-order chi connectivity index (χ1) is 14.4. The molecule has 4 rings (SSSR count). The molecule has 0 aromatic heterocycles. The second-order valence-electron chi connectivity index (χ2n) is 8.29. The van der Waals surface area contributed by atoms with E-state index in [1.165, 1.54) is 44.3 Å². The van der Waals surface area contributed by atoms with E-state index in [9.17, 15) is 20.1 Å². The van der Waals surface area contributed by atoms with E-state index in [0.717, 1.165) is 12.0 Å². The van der Waals surface area contributed by atoms with Gasteiger partial charge in [0, 0.05) is 6.04 Å². The first-order valence-corrected chi connectivity index (χ1v) is 10.6. The largest absolute Gasteiger partial charge is 0.479 e. The van der Waals surface area contributed by atoms with Crippen LogP contribution >= 0.6 is 0 Å². The molecule has 8 heteroatoms. The third-order valence-corrected chi connectivity index (χ3v) is 6.25. The zero-order valence-corrected chi connectivity index (χ0v) is 16.8. The molecule has 0 bridgehead atoms. The van der Waals surface area contributed by atoms with Gasteiger partial charge in [-0.25, -0.2) is 4.79 Å². The van der Waals surface area contributed by atoms with Crippen LogP contribution in [0.5, 0.6) is 5.75 Å². The third kappa shape index (κ3) is 4.38. The lowest BCUT2D eigenvalue weighted by atomic mass is 9.86. The summed E-state index contributed by atoms with van der Waals surface area (Å²) in [6.07, 6.45) is 0.251. The second kappa shape index (κ2) is 9.03. The van der Waals surface area contributed by atoms with E-state index in [1.54, 1.807) is 12.1 Å². The van der Waals surface area contributed by atoms with Crippen molar-refractivity contribution in [2.45, 2.75) is 68.9 Å². The molecule has 0 amide bonds. The minimum absolute atomic E-state index is 0.372. The van der Waals surface area contributed by atoms with Crippen molar-refractivity contribution in [3.05, 3.63) is 35.4 Å². The molecule has 30 heavy (non-hydrogen) atoms. The molecule has 164 valence electrons. The lowest BCUT2D eigenvalue weighted by molar-refractivity contribution is -0.271. The highest BCUT2D eigenvalue weighted by atomic mass is 16.7. The summed E-state index contributed by atoms with van der Waals surface area (Å²) in [7, 11) is 0. The third-order valence-electron chi connectivity index (χ3n) is 6.25. The van der Waals surface area contributed by atoms with Crippen molar-refractivity contribution in [1.82, 2.24) is 4.90 Å². The van der Waals surface area contributed by atoms with Crippen molar-refractivity contribution in [1.29, 1.82) is 0 Å². The van der Waals surface area contributed by atoms with Gasteiger partial charge in [-0.3, -0.25) is 4.90 Å². The minimum Gasteiger partial charge on any atom is -0.479 e. The lowest BCUT2D eigenvalue weighted by Crippen LogP contribution is -2.61. The van der Waals surface area contributed by atoms with Crippen LogP contribution in [0.3, 0.4) is 0 Å². The Bertz CT molecular complexity index is 776. The van der Waals surface area contributed by atoms with Crippen LogP contribution in [-0.2, 0) is 9.53 Å². The average Bonchev–Trinajstić information content (AvgIpc) is 2.69. The number of hydrogen-bond acceptors (Lipinski definition) is 7. The Morgan fingerprint density at radius 2 is 1.77 bits per heavy atom. The molecule has 3 fully saturated rings. The maximum absolute atomic E-state index is 11.2. The van der Waals surface area contributed by atoms with Gasteiger partial charge in [-0.05, 0) is 56.5 Å². The van der Waals surface area contributed by atoms with E-state index < -0.39 is 36.7 Å². The van der Waals surface area contributed by atoms with Gasteiger partial charge >= 0.3 is 5.97 Å². The van der Waals surface area contributed by atoms with Gasteiger partial charge in [-0.15, -0.1) is 0 Å². The maximum atomic E-state index is 11.2. The number of carbonyl (C=O) groups is 1. The topological polar surface area (TPSA) is 120 Å². The summed E-state index contributed by atoms with van der Waals surface area (Å²) >= 11 is 0. The lowest BCUT2D eigenvalue weighted by Gasteiger charge is -2.42. The molecule has 1 aliphatic carbocycles. The Kier molecular flexibility index (Phi) is 6.40. The van der Waals surface area contributed by atoms with Crippen molar-refractivity contribution in [2.75, 3.05) is 13.1 Å². The molecule has 1 aromatic carbocycles. The molecule has 1 saturated carbocycles. The van der Waals surface area contributed by atoms with Crippen molar-refractivity contribution in [2.24, 2.45) is 0 Å². The predicted octanol–water partition coefficient (Wildman–Crippen LogP) is 0.989. The number of likely N-dealkylation sites (tertiary alicyclic amines) is 1. The fraction of sp³-hybridized carbons (Fsp3) is 0.591. The van der Waals surface area contributed by atoms with Crippen LogP contribution in [0.1, 0.15) is 37.7 Å². The van der Waals surface area contributed by atoms with Crippen molar-refractivity contribution < 1.29 is 34.7 Å². The number of benzene rings is 1. The van der Waals surface area contributed by atoms with Crippen molar-refractivity contribution in [3.8, 4) is 5.75 Å². The molecule has 6 atom stereocenters. The van der Waals surface area contributed by atoms with Gasteiger partial charge in [0.2, 0.25) is 6.29 Å². The molecule has 1 aromatic rings. The quantitative estimate of drug-likeness (QED) is 0.558. The molecule has 8 nitrogen and oxygen atoms in total. The van der Waals surface area contributed by atoms with Gasteiger partial charge in [0.25, 0.3) is 0 Å². The Morgan fingerprint density at radius 3 is 2.40 bits per heavy atom. The smallest absolute Gasteiger partial charge is 0.335 e. The number of carboxylic acid groups (broad SMARTS) is 1. The molecule has 0 spiro atoms. The number of aliphatic hydroxyl groups is 3. The first kappa shape index (κ1) is 21.3. The molecule has 0 radical (unpaired) electrons. The van der Waals surface area contributed by atoms with Crippen molar-refractivity contribution in [3.63, 3.8) is 0 Å². The summed E-state index contributed by atoms with van der Waals surface area (Å²) < 4.78 is 10.7. The summed E-state index contributed by atoms with van der Waals surface area (Å²) in [6, 6.07) is 7.78. The first-order valence-electron chi connectivity index (χ1n) is 10.6. The van der Waals surface area contributed by atoms with Gasteiger partial charge in [0.1, 0.15) is 24.1 Å². The van der Waals surface area contributed by atoms with Crippen LogP contribution in [0.25, 0.3) is 6.08 Å². The van der Waals surface area contributed by atoms with E-state index in [4.69, 9.17) is 14.6 Å². The van der Waals surface area contributed by atoms with E-state index in [1.807, 2.05) is 12.1 Å². The summed E-state index contributed by atoms with van der Waals surface area (Å²) in [5, 5.41) is 38.9. The predicted molar refractivity (Wildman–Crippen MR) is 108 cm³/mol. The average molecular weight is 419 g/mol. The molecule has 2 heterocycles. The Balaban J connectivity index is 1.43. The molecule has 2 aliphatic heterocycles. The molecule has 0 unspecified atom stereocenters. The highest BCUT2D eigenvalue weighted by Gasteiger charge is 2.48.